The van der Waals surface area contributed by atoms with E-state index in [9.17, 15) is 5.11 Å². The Morgan fingerprint density at radius 1 is 0.692 bits per heavy atom. The zero-order valence-electron chi connectivity index (χ0n) is 26.3. The molecule has 0 aliphatic heterocycles. The van der Waals surface area contributed by atoms with Gasteiger partial charge in [-0.3, -0.25) is 0 Å². The lowest BCUT2D eigenvalue weighted by Crippen LogP contribution is -2.19. The molecule has 220 valence electrons. The molecule has 0 saturated carbocycles. The van der Waals surface area contributed by atoms with Gasteiger partial charge in [0.25, 0.3) is 0 Å². The highest BCUT2D eigenvalue weighted by Gasteiger charge is 2.28. The second-order valence-corrected chi connectivity index (χ2v) is 15.2. The van der Waals surface area contributed by atoms with Crippen LogP contribution in [0.4, 0.5) is 11.6 Å². The molecule has 0 radical (unpaired) electrons. The van der Waals surface area contributed by atoms with E-state index in [2.05, 4.69) is 70.7 Å². The minimum absolute atomic E-state index is 0.0466. The predicted octanol–water partition coefficient (Wildman–Crippen LogP) is 9.61. The molecule has 0 unspecified atom stereocenters. The van der Waals surface area contributed by atoms with Gasteiger partial charge in [-0.2, -0.15) is 4.98 Å². The molecular weight excluding hydrogens is 500 g/mol. The highest BCUT2D eigenvalue weighted by molar-refractivity contribution is 7.96. The fraction of sp³-hybridized carbons (Fsp3) is 0.727. The van der Waals surface area contributed by atoms with Crippen molar-refractivity contribution in [3.05, 3.63) is 29.6 Å². The van der Waals surface area contributed by atoms with Gasteiger partial charge in [0.1, 0.15) is 23.6 Å². The Kier molecular flexibility index (Phi) is 14.1. The number of phenols is 1. The molecule has 0 amide bonds. The third-order valence-corrected chi connectivity index (χ3v) is 9.55. The molecule has 2 N–H and O–H groups in total. The van der Waals surface area contributed by atoms with Crippen molar-refractivity contribution in [3.8, 4) is 5.75 Å². The van der Waals surface area contributed by atoms with Crippen LogP contribution in [0.1, 0.15) is 144 Å². The summed E-state index contributed by atoms with van der Waals surface area (Å²) in [5.41, 5.74) is 2.39. The third kappa shape index (κ3) is 11.7. The smallest absolute Gasteiger partial charge is 0.349 e. The van der Waals surface area contributed by atoms with Gasteiger partial charge >= 0.3 is 5.16 Å². The van der Waals surface area contributed by atoms with Crippen molar-refractivity contribution < 1.29 is 5.11 Å². The van der Waals surface area contributed by atoms with Crippen molar-refractivity contribution in [2.45, 2.75) is 148 Å². The van der Waals surface area contributed by atoms with Crippen molar-refractivity contribution in [3.63, 3.8) is 0 Å². The molecule has 0 aliphatic carbocycles. The Labute approximate surface area is 242 Å². The van der Waals surface area contributed by atoms with Crippen LogP contribution in [0.15, 0.2) is 23.6 Å². The molecule has 0 spiro atoms. The topological polar surface area (TPSA) is 70.9 Å². The van der Waals surface area contributed by atoms with Crippen LogP contribution >= 0.6 is 0 Å². The van der Waals surface area contributed by atoms with E-state index in [0.717, 1.165) is 22.0 Å². The van der Waals surface area contributed by atoms with Crippen molar-refractivity contribution in [2.75, 3.05) is 16.8 Å². The minimum Gasteiger partial charge on any atom is -0.507 e. The van der Waals surface area contributed by atoms with Gasteiger partial charge in [0.2, 0.25) is 5.95 Å². The van der Waals surface area contributed by atoms with Crippen LogP contribution in [0.25, 0.3) is 0 Å². The van der Waals surface area contributed by atoms with E-state index < -0.39 is 0 Å². The third-order valence-electron chi connectivity index (χ3n) is 7.28. The van der Waals surface area contributed by atoms with Gasteiger partial charge in [-0.1, -0.05) is 107 Å². The van der Waals surface area contributed by atoms with Crippen LogP contribution in [-0.2, 0) is 21.7 Å². The Bertz CT molecular complexity index is 929. The van der Waals surface area contributed by atoms with Crippen molar-refractivity contribution in [1.82, 2.24) is 15.0 Å². The number of aromatic hydroxyl groups is 1. The summed E-state index contributed by atoms with van der Waals surface area (Å²) in [6, 6.07) is 4.08. The van der Waals surface area contributed by atoms with E-state index >= 15 is 0 Å². The van der Waals surface area contributed by atoms with E-state index in [1.165, 1.54) is 88.6 Å². The first-order valence-electron chi connectivity index (χ1n) is 15.5. The Morgan fingerprint density at radius 3 is 1.62 bits per heavy atom. The van der Waals surface area contributed by atoms with Crippen LogP contribution in [0.2, 0.25) is 0 Å². The number of unbranched alkanes of at least 4 members (excludes halogenated alkanes) is 10. The first kappa shape index (κ1) is 33.4. The normalized spacial score (nSPS) is 12.3. The van der Waals surface area contributed by atoms with Crippen LogP contribution in [-0.4, -0.2) is 31.6 Å². The number of aromatic nitrogens is 3. The van der Waals surface area contributed by atoms with E-state index in [-0.39, 0.29) is 21.7 Å². The van der Waals surface area contributed by atoms with E-state index in [0.29, 0.717) is 11.7 Å². The van der Waals surface area contributed by atoms with Gasteiger partial charge in [-0.05, 0) is 48.6 Å². The van der Waals surface area contributed by atoms with E-state index in [1.54, 1.807) is 6.33 Å². The predicted molar refractivity (Wildman–Crippen MR) is 171 cm³/mol. The molecule has 39 heavy (non-hydrogen) atoms. The molecule has 5 nitrogen and oxygen atoms in total. The number of anilines is 2. The second-order valence-electron chi connectivity index (χ2n) is 13.1. The summed E-state index contributed by atoms with van der Waals surface area (Å²) in [4.78, 5) is 14.1. The Morgan fingerprint density at radius 2 is 1.15 bits per heavy atom. The number of nitrogens with zero attached hydrogens (tertiary/aromatic N) is 3. The zero-order valence-corrected chi connectivity index (χ0v) is 27.1. The summed E-state index contributed by atoms with van der Waals surface area (Å²) in [7, 11) is 0.0466. The molecule has 0 fully saturated rings. The molecule has 2 aromatic rings. The van der Waals surface area contributed by atoms with Crippen molar-refractivity contribution in [2.24, 2.45) is 0 Å². The lowest BCUT2D eigenvalue weighted by atomic mass is 9.79. The van der Waals surface area contributed by atoms with Crippen LogP contribution < -0.4 is 5.32 Å². The number of benzene rings is 1. The maximum Gasteiger partial charge on any atom is 0.349 e. The molecule has 1 heterocycles. The summed E-state index contributed by atoms with van der Waals surface area (Å²) >= 11 is 0. The van der Waals surface area contributed by atoms with Crippen molar-refractivity contribution in [1.29, 1.82) is 0 Å². The monoisotopic (exact) mass is 557 g/mol. The standard InChI is InChI=1S/C33H56N4OS/c1-9-11-13-15-17-19-21-39(22-20-18-16-14-12-10-2)31-35-25-34-30(37-31)36-26-23-27(32(3,4)5)29(38)28(24-26)33(6,7)8/h23-25H,9-22H2,1-8H3,(H-,34,35,36,37,38)/p+1. The number of phenolic OH excluding ortho intramolecular Hbond substituents is 1. The quantitative estimate of drug-likeness (QED) is 0.115. The average Bonchev–Trinajstić information content (AvgIpc) is 2.86. The largest absolute Gasteiger partial charge is 0.507 e. The van der Waals surface area contributed by atoms with Crippen molar-refractivity contribution >= 4 is 22.5 Å². The molecule has 0 bridgehead atoms. The second kappa shape index (κ2) is 16.4. The van der Waals surface area contributed by atoms with Gasteiger partial charge in [-0.15, -0.1) is 4.98 Å². The van der Waals surface area contributed by atoms with Crippen LogP contribution in [0.3, 0.4) is 0 Å². The fourth-order valence-electron chi connectivity index (χ4n) is 4.86. The van der Waals surface area contributed by atoms with Gasteiger partial charge in [0.05, 0.1) is 10.9 Å². The van der Waals surface area contributed by atoms with Gasteiger partial charge in [-0.25, -0.2) is 4.98 Å². The molecule has 2 rings (SSSR count). The van der Waals surface area contributed by atoms with E-state index in [4.69, 9.17) is 4.98 Å². The molecule has 1 aromatic carbocycles. The average molecular weight is 558 g/mol. The molecule has 0 aliphatic rings. The van der Waals surface area contributed by atoms with Gasteiger partial charge in [0, 0.05) is 16.8 Å². The maximum absolute atomic E-state index is 11.1. The Hall–Kier alpha value is -1.82. The van der Waals surface area contributed by atoms with Gasteiger partial charge < -0.3 is 10.4 Å². The number of nitrogens with one attached hydrogen (secondary N) is 1. The summed E-state index contributed by atoms with van der Waals surface area (Å²) in [6.07, 6.45) is 17.4. The maximum atomic E-state index is 11.1. The number of hydrogen-bond acceptors (Lipinski definition) is 5. The zero-order chi connectivity index (χ0) is 28.9. The van der Waals surface area contributed by atoms with E-state index in [1.807, 2.05) is 12.1 Å². The van der Waals surface area contributed by atoms with Gasteiger partial charge in [0.15, 0.2) is 0 Å². The van der Waals surface area contributed by atoms with Crippen LogP contribution in [0, 0.1) is 0 Å². The fourth-order valence-corrected chi connectivity index (χ4v) is 6.94. The SMILES string of the molecule is CCCCCCCC[S+](CCCCCCCC)c1ncnc(Nc2cc(C(C)(C)C)c(O)c(C(C)(C)C)c2)n1. The molecule has 6 heteroatoms. The molecule has 1 aromatic heterocycles. The first-order chi connectivity index (χ1) is 18.5. The lowest BCUT2D eigenvalue weighted by Gasteiger charge is -2.28. The lowest BCUT2D eigenvalue weighted by molar-refractivity contribution is 0.423. The number of hydrogen-bond donors (Lipinski definition) is 2. The summed E-state index contributed by atoms with van der Waals surface area (Å²) in [6.45, 7) is 17.4. The molecule has 0 saturated heterocycles. The molecular formula is C33H57N4OS+. The Balaban J connectivity index is 2.22. The summed E-state index contributed by atoms with van der Waals surface area (Å²) in [5, 5.41) is 15.5. The first-order valence-corrected chi connectivity index (χ1v) is 17.0. The summed E-state index contributed by atoms with van der Waals surface area (Å²) < 4.78 is 0. The minimum atomic E-state index is -0.188. The number of rotatable bonds is 17. The molecule has 0 atom stereocenters. The summed E-state index contributed by atoms with van der Waals surface area (Å²) in [5.74, 6) is 3.32. The van der Waals surface area contributed by atoms with Crippen LogP contribution in [0.5, 0.6) is 5.75 Å². The highest BCUT2D eigenvalue weighted by atomic mass is 32.2. The highest BCUT2D eigenvalue weighted by Crippen LogP contribution is 2.41.